The molecule has 0 heterocycles. The van der Waals surface area contributed by atoms with Crippen molar-refractivity contribution in [3.63, 3.8) is 0 Å². The Bertz CT molecular complexity index is 535. The minimum Gasteiger partial charge on any atom is -0.480 e. The molecule has 0 aliphatic heterocycles. The fourth-order valence-electron chi connectivity index (χ4n) is 1.43. The van der Waals surface area contributed by atoms with Gasteiger partial charge in [0.05, 0.1) is 9.49 Å². The van der Waals surface area contributed by atoms with Gasteiger partial charge in [0.25, 0.3) is 0 Å². The summed E-state index contributed by atoms with van der Waals surface area (Å²) in [5.41, 5.74) is 0. The Morgan fingerprint density at radius 1 is 0.750 bits per heavy atom. The Balaban J connectivity index is 4.67. The number of aliphatic carboxylic acids is 2. The van der Waals surface area contributed by atoms with Gasteiger partial charge in [0.2, 0.25) is 11.8 Å². The molecule has 2 amide bonds. The lowest BCUT2D eigenvalue weighted by Gasteiger charge is -2.24. The molecule has 2 atom stereocenters. The van der Waals surface area contributed by atoms with E-state index in [2.05, 4.69) is 10.6 Å². The summed E-state index contributed by atoms with van der Waals surface area (Å²) >= 11 is 2.62. The fourth-order valence-corrected chi connectivity index (χ4v) is 4.23. The Hall–Kier alpha value is -0.720. The molecule has 0 radical (unpaired) electrons. The lowest BCUT2D eigenvalue weighted by atomic mass is 10.2. The van der Waals surface area contributed by atoms with E-state index in [9.17, 15) is 29.4 Å². The van der Waals surface area contributed by atoms with Crippen molar-refractivity contribution in [2.45, 2.75) is 49.3 Å². The molecule has 0 aliphatic rings. The summed E-state index contributed by atoms with van der Waals surface area (Å²) in [6.07, 6.45) is 3.53. The van der Waals surface area contributed by atoms with Crippen LogP contribution in [0.3, 0.4) is 0 Å². The number of carbonyl (C=O) groups is 4. The first kappa shape index (κ1) is 27.3. The number of carbonyl (C=O) groups excluding carboxylic acids is 2. The molecule has 4 N–H and O–H groups in total. The number of rotatable bonds is 13. The lowest BCUT2D eigenvalue weighted by molar-refractivity contribution is -0.141. The van der Waals surface area contributed by atoms with Crippen LogP contribution in [0, 0.1) is 0 Å². The van der Waals surface area contributed by atoms with Crippen molar-refractivity contribution in [3.8, 4) is 0 Å². The second kappa shape index (κ2) is 12.1. The molecule has 0 saturated heterocycles. The van der Waals surface area contributed by atoms with Gasteiger partial charge in [0, 0.05) is 11.5 Å². The minimum absolute atomic E-state index is 0.0623. The summed E-state index contributed by atoms with van der Waals surface area (Å²) < 4.78 is -1.51. The summed E-state index contributed by atoms with van der Waals surface area (Å²) in [7, 11) is 2.26. The first-order chi connectivity index (χ1) is 12.8. The van der Waals surface area contributed by atoms with Crippen LogP contribution >= 0.6 is 45.1 Å². The molecule has 0 unspecified atom stereocenters. The molecule has 0 spiro atoms. The van der Waals surface area contributed by atoms with Crippen LogP contribution in [0.1, 0.15) is 27.7 Å². The van der Waals surface area contributed by atoms with Gasteiger partial charge in [-0.25, -0.2) is 9.59 Å². The topological polar surface area (TPSA) is 133 Å². The third-order valence-corrected chi connectivity index (χ3v) is 8.71. The van der Waals surface area contributed by atoms with Crippen molar-refractivity contribution in [3.05, 3.63) is 0 Å². The number of carboxylic acids is 2. The predicted molar refractivity (Wildman–Crippen MR) is 119 cm³/mol. The predicted octanol–water partition coefficient (Wildman–Crippen LogP) is 1.79. The number of nitrogens with one attached hydrogen (secondary N) is 2. The van der Waals surface area contributed by atoms with E-state index in [-0.39, 0.29) is 23.3 Å². The Labute approximate surface area is 181 Å². The molecule has 0 aromatic carbocycles. The molecule has 0 aromatic rings. The Morgan fingerprint density at radius 2 is 1.04 bits per heavy atom. The van der Waals surface area contributed by atoms with Crippen LogP contribution in [0.4, 0.5) is 0 Å². The zero-order valence-corrected chi connectivity index (χ0v) is 20.0. The maximum atomic E-state index is 12.1. The highest BCUT2D eigenvalue weighted by Gasteiger charge is 2.32. The van der Waals surface area contributed by atoms with Gasteiger partial charge >= 0.3 is 11.9 Å². The van der Waals surface area contributed by atoms with E-state index in [0.717, 1.165) is 21.6 Å². The van der Waals surface area contributed by atoms with E-state index >= 15 is 0 Å². The molecule has 0 aliphatic carbocycles. The zero-order valence-electron chi connectivity index (χ0n) is 16.7. The van der Waals surface area contributed by atoms with Crippen LogP contribution in [0.25, 0.3) is 0 Å². The third-order valence-electron chi connectivity index (χ3n) is 3.87. The summed E-state index contributed by atoms with van der Waals surface area (Å²) in [5, 5.41) is 23.6. The van der Waals surface area contributed by atoms with E-state index in [1.807, 2.05) is 0 Å². The van der Waals surface area contributed by atoms with Crippen LogP contribution in [-0.4, -0.2) is 79.6 Å². The van der Waals surface area contributed by atoms with Crippen LogP contribution < -0.4 is 10.6 Å². The number of amides is 2. The molecule has 0 rings (SSSR count). The highest BCUT2D eigenvalue weighted by atomic mass is 33.1. The van der Waals surface area contributed by atoms with Gasteiger partial charge in [-0.3, -0.25) is 9.59 Å². The second-order valence-electron chi connectivity index (χ2n) is 6.73. The lowest BCUT2D eigenvalue weighted by Crippen LogP contribution is -2.49. The summed E-state index contributed by atoms with van der Waals surface area (Å²) in [6, 6.07) is -2.19. The number of carboxylic acid groups (broad SMARTS) is 2. The van der Waals surface area contributed by atoms with Crippen LogP contribution in [0.2, 0.25) is 0 Å². The Kier molecular flexibility index (Phi) is 11.8. The van der Waals surface area contributed by atoms with E-state index < -0.39 is 33.5 Å². The van der Waals surface area contributed by atoms with E-state index in [1.165, 1.54) is 23.5 Å². The molecule has 28 heavy (non-hydrogen) atoms. The molecule has 162 valence electrons. The largest absolute Gasteiger partial charge is 0.480 e. The molecular formula is C16H28N2O6S4. The van der Waals surface area contributed by atoms with E-state index in [0.29, 0.717) is 0 Å². The van der Waals surface area contributed by atoms with Crippen LogP contribution in [0.15, 0.2) is 0 Å². The normalized spacial score (nSPS) is 14.1. The molecule has 0 fully saturated rings. The average molecular weight is 473 g/mol. The van der Waals surface area contributed by atoms with Gasteiger partial charge in [-0.15, -0.1) is 23.5 Å². The fraction of sp³-hybridized carbons (Fsp3) is 0.750. The molecule has 0 saturated carbocycles. The molecule has 0 bridgehead atoms. The smallest absolute Gasteiger partial charge is 0.327 e. The first-order valence-electron chi connectivity index (χ1n) is 8.20. The van der Waals surface area contributed by atoms with Gasteiger partial charge in [-0.05, 0) is 40.2 Å². The Morgan fingerprint density at radius 3 is 1.25 bits per heavy atom. The second-order valence-corrected chi connectivity index (χ2v) is 12.1. The summed E-state index contributed by atoms with van der Waals surface area (Å²) in [6.45, 7) is 6.79. The van der Waals surface area contributed by atoms with E-state index in [1.54, 1.807) is 40.2 Å². The van der Waals surface area contributed by atoms with Gasteiger partial charge in [-0.2, -0.15) is 0 Å². The number of hydrogen-bond donors (Lipinski definition) is 4. The summed E-state index contributed by atoms with van der Waals surface area (Å²) in [5.74, 6) is -2.97. The minimum atomic E-state index is -1.16. The molecule has 0 aromatic heterocycles. The quantitative estimate of drug-likeness (QED) is 0.232. The third kappa shape index (κ3) is 9.19. The summed E-state index contributed by atoms with van der Waals surface area (Å²) in [4.78, 5) is 47.0. The number of thioether (sulfide) groups is 2. The van der Waals surface area contributed by atoms with Gasteiger partial charge < -0.3 is 20.8 Å². The standard InChI is InChI=1S/C16H28N2O6S4/c1-15(2,25-5)13(23)17-9(11(19)20)7-27-28-8-10(12(21)22)18-14(24)16(3,4)26-6/h9-10H,7-8H2,1-6H3,(H,17,23)(H,18,24)(H,19,20)(H,21,22)/t9-,10-/m0/s1. The van der Waals surface area contributed by atoms with Crippen LogP contribution in [-0.2, 0) is 19.2 Å². The van der Waals surface area contributed by atoms with Gasteiger partial charge in [0.1, 0.15) is 12.1 Å². The van der Waals surface area contributed by atoms with Crippen molar-refractivity contribution >= 4 is 68.9 Å². The van der Waals surface area contributed by atoms with Crippen molar-refractivity contribution in [1.82, 2.24) is 10.6 Å². The number of hydrogen-bond acceptors (Lipinski definition) is 8. The van der Waals surface area contributed by atoms with Crippen molar-refractivity contribution in [2.24, 2.45) is 0 Å². The monoisotopic (exact) mass is 472 g/mol. The highest BCUT2D eigenvalue weighted by molar-refractivity contribution is 8.76. The van der Waals surface area contributed by atoms with Gasteiger partial charge in [-0.1, -0.05) is 21.6 Å². The highest BCUT2D eigenvalue weighted by Crippen LogP contribution is 2.26. The first-order valence-corrected chi connectivity index (χ1v) is 13.1. The molecular weight excluding hydrogens is 444 g/mol. The maximum absolute atomic E-state index is 12.1. The van der Waals surface area contributed by atoms with E-state index in [4.69, 9.17) is 0 Å². The molecule has 8 nitrogen and oxygen atoms in total. The average Bonchev–Trinajstić information content (AvgIpc) is 2.61. The zero-order chi connectivity index (χ0) is 22.1. The molecule has 12 heteroatoms. The van der Waals surface area contributed by atoms with Gasteiger partial charge in [0.15, 0.2) is 0 Å². The van der Waals surface area contributed by atoms with Crippen molar-refractivity contribution in [1.29, 1.82) is 0 Å². The van der Waals surface area contributed by atoms with Crippen LogP contribution in [0.5, 0.6) is 0 Å². The SMILES string of the molecule is CSC(C)(C)C(=O)N[C@@H](CSSC[C@H](NC(=O)C(C)(C)SC)C(=O)O)C(=O)O. The van der Waals surface area contributed by atoms with Crippen molar-refractivity contribution in [2.75, 3.05) is 24.0 Å². The maximum Gasteiger partial charge on any atom is 0.327 e. The van der Waals surface area contributed by atoms with Crippen molar-refractivity contribution < 1.29 is 29.4 Å².